The number of piperidine rings is 1. The van der Waals surface area contributed by atoms with Crippen molar-refractivity contribution in [1.29, 1.82) is 0 Å². The van der Waals surface area contributed by atoms with E-state index >= 15 is 0 Å². The lowest BCUT2D eigenvalue weighted by Gasteiger charge is -2.35. The van der Waals surface area contributed by atoms with Crippen molar-refractivity contribution in [1.82, 2.24) is 5.32 Å². The molecule has 2 aliphatic rings. The minimum Gasteiger partial charge on any atom is -0.379 e. The van der Waals surface area contributed by atoms with Gasteiger partial charge in [0.15, 0.2) is 0 Å². The van der Waals surface area contributed by atoms with Crippen LogP contribution in [0.15, 0.2) is 0 Å². The second-order valence-corrected chi connectivity index (χ2v) is 3.73. The highest BCUT2D eigenvalue weighted by molar-refractivity contribution is 5.85. The normalized spacial score (nSPS) is 30.7. The zero-order chi connectivity index (χ0) is 7.73. The number of nitrogens with two attached hydrogens (primary N) is 1. The number of halogens is 2. The molecule has 5 heteroatoms. The van der Waals surface area contributed by atoms with E-state index in [2.05, 4.69) is 5.32 Å². The Morgan fingerprint density at radius 1 is 1.23 bits per heavy atom. The van der Waals surface area contributed by atoms with E-state index in [9.17, 15) is 0 Å². The molecule has 0 aromatic heterocycles. The maximum atomic E-state index is 5.99. The van der Waals surface area contributed by atoms with Gasteiger partial charge in [-0.05, 0) is 25.9 Å². The Morgan fingerprint density at radius 2 is 1.85 bits per heavy atom. The Kier molecular flexibility index (Phi) is 5.56. The van der Waals surface area contributed by atoms with Gasteiger partial charge in [0.05, 0.1) is 13.2 Å². The zero-order valence-corrected chi connectivity index (χ0v) is 9.26. The number of ether oxygens (including phenoxy) is 1. The fourth-order valence-electron chi connectivity index (χ4n) is 2.11. The van der Waals surface area contributed by atoms with Gasteiger partial charge in [-0.2, -0.15) is 0 Å². The van der Waals surface area contributed by atoms with Crippen LogP contribution < -0.4 is 11.1 Å². The summed E-state index contributed by atoms with van der Waals surface area (Å²) in [5.74, 6) is 0. The third-order valence-corrected chi connectivity index (χ3v) is 3.07. The average molecular weight is 229 g/mol. The summed E-state index contributed by atoms with van der Waals surface area (Å²) in [7, 11) is 0. The molecular weight excluding hydrogens is 211 g/mol. The highest BCUT2D eigenvalue weighted by atomic mass is 35.5. The monoisotopic (exact) mass is 228 g/mol. The van der Waals surface area contributed by atoms with Crippen LogP contribution >= 0.6 is 24.8 Å². The van der Waals surface area contributed by atoms with E-state index in [1.54, 1.807) is 0 Å². The number of hydrogen-bond acceptors (Lipinski definition) is 3. The van der Waals surface area contributed by atoms with Gasteiger partial charge in [0.25, 0.3) is 0 Å². The predicted molar refractivity (Wildman–Crippen MR) is 57.8 cm³/mol. The molecule has 0 amide bonds. The second-order valence-electron chi connectivity index (χ2n) is 3.73. The summed E-state index contributed by atoms with van der Waals surface area (Å²) in [6.45, 7) is 3.87. The lowest BCUT2D eigenvalue weighted by atomic mass is 9.75. The molecule has 0 bridgehead atoms. The highest BCUT2D eigenvalue weighted by Crippen LogP contribution is 2.36. The van der Waals surface area contributed by atoms with E-state index in [4.69, 9.17) is 10.5 Å². The Hall–Kier alpha value is 0.460. The van der Waals surface area contributed by atoms with Crippen molar-refractivity contribution in [3.8, 4) is 0 Å². The first-order valence-electron chi connectivity index (χ1n) is 4.38. The Balaban J connectivity index is 0.000000720. The molecule has 0 aromatic rings. The fourth-order valence-corrected chi connectivity index (χ4v) is 2.11. The third kappa shape index (κ3) is 2.48. The van der Waals surface area contributed by atoms with Gasteiger partial charge in [-0.3, -0.25) is 0 Å². The number of nitrogens with one attached hydrogen (secondary N) is 1. The van der Waals surface area contributed by atoms with E-state index in [0.717, 1.165) is 26.3 Å². The van der Waals surface area contributed by atoms with Crippen LogP contribution in [0, 0.1) is 5.41 Å². The third-order valence-electron chi connectivity index (χ3n) is 3.07. The Bertz CT molecular complexity index is 151. The SMILES string of the molecule is Cl.Cl.NC1COCC12CCNCC2. The first-order valence-corrected chi connectivity index (χ1v) is 4.38. The molecule has 0 aliphatic carbocycles. The van der Waals surface area contributed by atoms with Crippen LogP contribution in [-0.4, -0.2) is 32.3 Å². The molecule has 13 heavy (non-hydrogen) atoms. The lowest BCUT2D eigenvalue weighted by Crippen LogP contribution is -2.47. The molecule has 80 valence electrons. The van der Waals surface area contributed by atoms with Crippen LogP contribution in [0.2, 0.25) is 0 Å². The lowest BCUT2D eigenvalue weighted by molar-refractivity contribution is 0.126. The van der Waals surface area contributed by atoms with Gasteiger partial charge in [-0.1, -0.05) is 0 Å². The highest BCUT2D eigenvalue weighted by Gasteiger charge is 2.42. The summed E-state index contributed by atoms with van der Waals surface area (Å²) in [5.41, 5.74) is 6.32. The van der Waals surface area contributed by atoms with Crippen molar-refractivity contribution in [3.05, 3.63) is 0 Å². The van der Waals surface area contributed by atoms with Crippen LogP contribution in [0.1, 0.15) is 12.8 Å². The summed E-state index contributed by atoms with van der Waals surface area (Å²) in [5, 5.41) is 3.35. The number of rotatable bonds is 0. The van der Waals surface area contributed by atoms with Crippen LogP contribution in [0.4, 0.5) is 0 Å². The van der Waals surface area contributed by atoms with Gasteiger partial charge in [0.1, 0.15) is 0 Å². The van der Waals surface area contributed by atoms with Crippen LogP contribution in [0.5, 0.6) is 0 Å². The van der Waals surface area contributed by atoms with Gasteiger partial charge in [-0.25, -0.2) is 0 Å². The summed E-state index contributed by atoms with van der Waals surface area (Å²) in [6, 6.07) is 0.282. The maximum Gasteiger partial charge on any atom is 0.0624 e. The van der Waals surface area contributed by atoms with Crippen molar-refractivity contribution in [2.24, 2.45) is 11.1 Å². The van der Waals surface area contributed by atoms with Crippen molar-refractivity contribution >= 4 is 24.8 Å². The zero-order valence-electron chi connectivity index (χ0n) is 7.62. The van der Waals surface area contributed by atoms with Gasteiger partial charge < -0.3 is 15.8 Å². The summed E-state index contributed by atoms with van der Waals surface area (Å²) >= 11 is 0. The predicted octanol–water partition coefficient (Wildman–Crippen LogP) is 0.557. The van der Waals surface area contributed by atoms with Crippen molar-refractivity contribution in [2.75, 3.05) is 26.3 Å². The molecule has 2 fully saturated rings. The molecule has 3 N–H and O–H groups in total. The van der Waals surface area contributed by atoms with Gasteiger partial charge in [0.2, 0.25) is 0 Å². The van der Waals surface area contributed by atoms with E-state index in [1.165, 1.54) is 12.8 Å². The maximum absolute atomic E-state index is 5.99. The smallest absolute Gasteiger partial charge is 0.0624 e. The molecule has 0 aromatic carbocycles. The molecule has 2 rings (SSSR count). The minimum absolute atomic E-state index is 0. The van der Waals surface area contributed by atoms with Crippen LogP contribution in [0.3, 0.4) is 0 Å². The van der Waals surface area contributed by atoms with E-state index in [-0.39, 0.29) is 30.9 Å². The molecule has 3 nitrogen and oxygen atoms in total. The first kappa shape index (κ1) is 13.5. The van der Waals surface area contributed by atoms with E-state index < -0.39 is 0 Å². The van der Waals surface area contributed by atoms with Crippen LogP contribution in [0.25, 0.3) is 0 Å². The molecule has 1 spiro atoms. The second kappa shape index (κ2) is 5.37. The summed E-state index contributed by atoms with van der Waals surface area (Å²) < 4.78 is 5.40. The quantitative estimate of drug-likeness (QED) is 0.638. The van der Waals surface area contributed by atoms with Crippen molar-refractivity contribution in [3.63, 3.8) is 0 Å². The molecule has 2 aliphatic heterocycles. The molecule has 1 atom stereocenters. The average Bonchev–Trinajstić information content (AvgIpc) is 2.36. The Labute approximate surface area is 91.6 Å². The van der Waals surface area contributed by atoms with Crippen molar-refractivity contribution in [2.45, 2.75) is 18.9 Å². The summed E-state index contributed by atoms with van der Waals surface area (Å²) in [4.78, 5) is 0. The van der Waals surface area contributed by atoms with E-state index in [0.29, 0.717) is 5.41 Å². The minimum atomic E-state index is 0. The van der Waals surface area contributed by atoms with Gasteiger partial charge in [-0.15, -0.1) is 24.8 Å². The fraction of sp³-hybridized carbons (Fsp3) is 1.00. The molecular formula is C8H18Cl2N2O. The summed E-state index contributed by atoms with van der Waals surface area (Å²) in [6.07, 6.45) is 2.38. The molecule has 0 saturated carbocycles. The molecule has 2 saturated heterocycles. The standard InChI is InChI=1S/C8H16N2O.2ClH/c9-7-5-11-6-8(7)1-3-10-4-2-8;;/h7,10H,1-6,9H2;2*1H. The van der Waals surface area contributed by atoms with E-state index in [1.807, 2.05) is 0 Å². The van der Waals surface area contributed by atoms with Gasteiger partial charge >= 0.3 is 0 Å². The molecule has 0 radical (unpaired) electrons. The Morgan fingerprint density at radius 3 is 2.31 bits per heavy atom. The molecule has 1 unspecified atom stereocenters. The van der Waals surface area contributed by atoms with Gasteiger partial charge in [0, 0.05) is 11.5 Å². The van der Waals surface area contributed by atoms with Crippen molar-refractivity contribution < 1.29 is 4.74 Å². The number of hydrogen-bond donors (Lipinski definition) is 2. The first-order chi connectivity index (χ1) is 5.33. The topological polar surface area (TPSA) is 47.3 Å². The van der Waals surface area contributed by atoms with Crippen LogP contribution in [-0.2, 0) is 4.74 Å². The molecule has 2 heterocycles. The largest absolute Gasteiger partial charge is 0.379 e.